The van der Waals surface area contributed by atoms with Gasteiger partial charge in [-0.1, -0.05) is 48.9 Å². The van der Waals surface area contributed by atoms with E-state index in [1.54, 1.807) is 12.1 Å². The molecule has 0 fully saturated rings. The summed E-state index contributed by atoms with van der Waals surface area (Å²) in [6.45, 7) is 5.86. The van der Waals surface area contributed by atoms with Gasteiger partial charge in [-0.05, 0) is 42.2 Å². The maximum atomic E-state index is 12.5. The molecule has 0 unspecified atom stereocenters. The maximum absolute atomic E-state index is 12.5. The van der Waals surface area contributed by atoms with Crippen molar-refractivity contribution in [3.05, 3.63) is 64.2 Å². The van der Waals surface area contributed by atoms with Crippen LogP contribution < -0.4 is 5.32 Å². The van der Waals surface area contributed by atoms with Gasteiger partial charge in [-0.25, -0.2) is 0 Å². The molecule has 5 heteroatoms. The zero-order valence-corrected chi connectivity index (χ0v) is 15.6. The highest BCUT2D eigenvalue weighted by atomic mass is 35.5. The first-order chi connectivity index (χ1) is 11.9. The number of anilines is 1. The molecule has 0 aliphatic carbocycles. The lowest BCUT2D eigenvalue weighted by molar-refractivity contribution is -0.133. The summed E-state index contributed by atoms with van der Waals surface area (Å²) in [7, 11) is 0. The van der Waals surface area contributed by atoms with Crippen LogP contribution in [0.15, 0.2) is 42.5 Å². The number of hydrogen-bond acceptors (Lipinski definition) is 2. The van der Waals surface area contributed by atoms with Crippen molar-refractivity contribution in [2.75, 3.05) is 11.9 Å². The lowest BCUT2D eigenvalue weighted by atomic mass is 10.1. The number of carbonyl (C=O) groups is 2. The Hall–Kier alpha value is -2.33. The summed E-state index contributed by atoms with van der Waals surface area (Å²) >= 11 is 5.88. The van der Waals surface area contributed by atoms with Crippen molar-refractivity contribution in [3.8, 4) is 0 Å². The van der Waals surface area contributed by atoms with Gasteiger partial charge in [-0.2, -0.15) is 0 Å². The monoisotopic (exact) mass is 358 g/mol. The average Bonchev–Trinajstić information content (AvgIpc) is 2.58. The second kappa shape index (κ2) is 8.67. The topological polar surface area (TPSA) is 49.4 Å². The third-order valence-corrected chi connectivity index (χ3v) is 4.32. The minimum absolute atomic E-state index is 0.00937. The van der Waals surface area contributed by atoms with Crippen LogP contribution in [0.2, 0.25) is 5.02 Å². The summed E-state index contributed by atoms with van der Waals surface area (Å²) in [6, 6.07) is 13.2. The first-order valence-electron chi connectivity index (χ1n) is 8.29. The van der Waals surface area contributed by atoms with E-state index in [0.29, 0.717) is 11.6 Å². The average molecular weight is 359 g/mol. The van der Waals surface area contributed by atoms with Crippen molar-refractivity contribution in [1.29, 1.82) is 0 Å². The van der Waals surface area contributed by atoms with Crippen LogP contribution in [0, 0.1) is 6.92 Å². The SMILES string of the molecule is CCc1cccc(C)c1NC(=O)CN(Cc1ccc(Cl)cc1)C(C)=O. The summed E-state index contributed by atoms with van der Waals surface area (Å²) in [5.41, 5.74) is 3.86. The van der Waals surface area contributed by atoms with Crippen LogP contribution in [0.3, 0.4) is 0 Å². The molecule has 25 heavy (non-hydrogen) atoms. The van der Waals surface area contributed by atoms with E-state index < -0.39 is 0 Å². The second-order valence-corrected chi connectivity index (χ2v) is 6.45. The van der Waals surface area contributed by atoms with Gasteiger partial charge in [-0.3, -0.25) is 9.59 Å². The number of halogens is 1. The van der Waals surface area contributed by atoms with Crippen LogP contribution in [0.25, 0.3) is 0 Å². The molecule has 0 saturated carbocycles. The van der Waals surface area contributed by atoms with Gasteiger partial charge in [0, 0.05) is 24.2 Å². The number of benzene rings is 2. The third-order valence-electron chi connectivity index (χ3n) is 4.07. The molecule has 0 saturated heterocycles. The lowest BCUT2D eigenvalue weighted by Crippen LogP contribution is -2.36. The van der Waals surface area contributed by atoms with Crippen LogP contribution in [-0.4, -0.2) is 23.3 Å². The molecule has 1 N–H and O–H groups in total. The van der Waals surface area contributed by atoms with Crippen molar-refractivity contribution in [2.24, 2.45) is 0 Å². The number of amides is 2. The summed E-state index contributed by atoms with van der Waals surface area (Å²) in [6.07, 6.45) is 0.832. The molecule has 0 radical (unpaired) electrons. The lowest BCUT2D eigenvalue weighted by Gasteiger charge is -2.21. The van der Waals surface area contributed by atoms with Crippen LogP contribution in [0.1, 0.15) is 30.5 Å². The molecule has 2 aromatic carbocycles. The molecule has 0 bridgehead atoms. The number of para-hydroxylation sites is 1. The standard InChI is InChI=1S/C20H23ClN2O2/c1-4-17-7-5-6-14(2)20(17)22-19(25)13-23(15(3)24)12-16-8-10-18(21)11-9-16/h5-11H,4,12-13H2,1-3H3,(H,22,25). The van der Waals surface area contributed by atoms with E-state index in [2.05, 4.69) is 5.32 Å². The first kappa shape index (κ1) is 19.0. The second-order valence-electron chi connectivity index (χ2n) is 6.01. The Morgan fingerprint density at radius 3 is 2.40 bits per heavy atom. The number of aryl methyl sites for hydroxylation is 2. The smallest absolute Gasteiger partial charge is 0.244 e. The van der Waals surface area contributed by atoms with Gasteiger partial charge in [0.05, 0.1) is 0 Å². The van der Waals surface area contributed by atoms with Crippen LogP contribution in [-0.2, 0) is 22.6 Å². The third kappa shape index (κ3) is 5.33. The van der Waals surface area contributed by atoms with Gasteiger partial charge in [0.1, 0.15) is 6.54 Å². The van der Waals surface area contributed by atoms with Gasteiger partial charge in [0.15, 0.2) is 0 Å². The maximum Gasteiger partial charge on any atom is 0.244 e. The molecule has 2 amide bonds. The van der Waals surface area contributed by atoms with E-state index in [1.807, 2.05) is 44.2 Å². The summed E-state index contributed by atoms with van der Waals surface area (Å²) in [5, 5.41) is 3.60. The highest BCUT2D eigenvalue weighted by Gasteiger charge is 2.16. The Bertz CT molecular complexity index is 757. The fourth-order valence-corrected chi connectivity index (χ4v) is 2.77. The molecule has 0 spiro atoms. The van der Waals surface area contributed by atoms with Gasteiger partial charge < -0.3 is 10.2 Å². The number of rotatable bonds is 6. The zero-order valence-electron chi connectivity index (χ0n) is 14.8. The molecule has 4 nitrogen and oxygen atoms in total. The largest absolute Gasteiger partial charge is 0.329 e. The molecule has 0 aromatic heterocycles. The Kier molecular flexibility index (Phi) is 6.59. The van der Waals surface area contributed by atoms with Crippen molar-refractivity contribution in [2.45, 2.75) is 33.7 Å². The Labute approximate surface area is 153 Å². The highest BCUT2D eigenvalue weighted by molar-refractivity contribution is 6.30. The van der Waals surface area contributed by atoms with Gasteiger partial charge in [-0.15, -0.1) is 0 Å². The molecule has 0 aliphatic heterocycles. The summed E-state index contributed by atoms with van der Waals surface area (Å²) < 4.78 is 0. The molecule has 2 aromatic rings. The van der Waals surface area contributed by atoms with Gasteiger partial charge in [0.2, 0.25) is 11.8 Å². The van der Waals surface area contributed by atoms with Crippen LogP contribution in [0.5, 0.6) is 0 Å². The van der Waals surface area contributed by atoms with E-state index in [-0.39, 0.29) is 18.4 Å². The first-order valence-corrected chi connectivity index (χ1v) is 8.66. The minimum Gasteiger partial charge on any atom is -0.329 e. The van der Waals surface area contributed by atoms with E-state index in [9.17, 15) is 9.59 Å². The van der Waals surface area contributed by atoms with Crippen LogP contribution in [0.4, 0.5) is 5.69 Å². The Morgan fingerprint density at radius 1 is 1.12 bits per heavy atom. The summed E-state index contributed by atoms with van der Waals surface area (Å²) in [4.78, 5) is 25.9. The van der Waals surface area contributed by atoms with Crippen molar-refractivity contribution >= 4 is 29.1 Å². The Balaban J connectivity index is 2.08. The van der Waals surface area contributed by atoms with E-state index in [0.717, 1.165) is 28.8 Å². The van der Waals surface area contributed by atoms with Crippen molar-refractivity contribution < 1.29 is 9.59 Å². The normalized spacial score (nSPS) is 10.4. The fourth-order valence-electron chi connectivity index (χ4n) is 2.64. The quantitative estimate of drug-likeness (QED) is 0.841. The predicted molar refractivity (Wildman–Crippen MR) is 102 cm³/mol. The van der Waals surface area contributed by atoms with Gasteiger partial charge >= 0.3 is 0 Å². The predicted octanol–water partition coefficient (Wildman–Crippen LogP) is 4.20. The molecule has 2 rings (SSSR count). The number of carbonyl (C=O) groups excluding carboxylic acids is 2. The molecular weight excluding hydrogens is 336 g/mol. The van der Waals surface area contributed by atoms with Crippen molar-refractivity contribution in [3.63, 3.8) is 0 Å². The van der Waals surface area contributed by atoms with E-state index in [1.165, 1.54) is 11.8 Å². The zero-order chi connectivity index (χ0) is 18.4. The van der Waals surface area contributed by atoms with Crippen LogP contribution >= 0.6 is 11.6 Å². The number of nitrogens with zero attached hydrogens (tertiary/aromatic N) is 1. The van der Waals surface area contributed by atoms with Gasteiger partial charge in [0.25, 0.3) is 0 Å². The Morgan fingerprint density at radius 2 is 1.80 bits per heavy atom. The molecule has 0 aliphatic rings. The number of hydrogen-bond donors (Lipinski definition) is 1. The highest BCUT2D eigenvalue weighted by Crippen LogP contribution is 2.21. The molecule has 0 atom stereocenters. The molecule has 132 valence electrons. The molecular formula is C20H23ClN2O2. The fraction of sp³-hybridized carbons (Fsp3) is 0.300. The molecule has 0 heterocycles. The van der Waals surface area contributed by atoms with Crippen molar-refractivity contribution in [1.82, 2.24) is 4.90 Å². The minimum atomic E-state index is -0.201. The van der Waals surface area contributed by atoms with E-state index >= 15 is 0 Å². The van der Waals surface area contributed by atoms with E-state index in [4.69, 9.17) is 11.6 Å². The number of nitrogens with one attached hydrogen (secondary N) is 1. The summed E-state index contributed by atoms with van der Waals surface area (Å²) in [5.74, 6) is -0.348.